The zero-order chi connectivity index (χ0) is 13.5. The van der Waals surface area contributed by atoms with E-state index in [1.807, 2.05) is 0 Å². The van der Waals surface area contributed by atoms with Crippen LogP contribution in [0.1, 0.15) is 25.5 Å². The second-order valence-electron chi connectivity index (χ2n) is 5.10. The van der Waals surface area contributed by atoms with Crippen LogP contribution in [-0.4, -0.2) is 44.9 Å². The van der Waals surface area contributed by atoms with Crippen LogP contribution in [0.25, 0.3) is 0 Å². The molecule has 1 aromatic rings. The number of methoxy groups -OCH3 is 1. The molecule has 0 radical (unpaired) electrons. The molecule has 1 aliphatic heterocycles. The topological polar surface area (TPSA) is 37.4 Å². The maximum atomic E-state index is 5.04. The molecule has 2 rings (SSSR count). The van der Waals surface area contributed by atoms with Gasteiger partial charge in [0.1, 0.15) is 0 Å². The smallest absolute Gasteiger partial charge is 0.185 e. The number of piperidine rings is 1. The van der Waals surface area contributed by atoms with Crippen LogP contribution in [0, 0.1) is 5.92 Å². The van der Waals surface area contributed by atoms with E-state index in [2.05, 4.69) is 27.5 Å². The molecule has 0 amide bonds. The Balaban J connectivity index is 1.70. The van der Waals surface area contributed by atoms with Gasteiger partial charge in [-0.2, -0.15) is 0 Å². The Hall–Kier alpha value is -0.650. The summed E-state index contributed by atoms with van der Waals surface area (Å²) in [4.78, 5) is 7.12. The molecule has 1 aliphatic rings. The Morgan fingerprint density at radius 2 is 2.26 bits per heavy atom. The molecule has 0 aromatic carbocycles. The number of aryl methyl sites for hydroxylation is 1. The molecule has 2 heterocycles. The summed E-state index contributed by atoms with van der Waals surface area (Å²) in [6.07, 6.45) is 3.57. The van der Waals surface area contributed by atoms with Crippen LogP contribution in [0.3, 0.4) is 0 Å². The number of nitrogens with zero attached hydrogens (tertiary/aromatic N) is 2. The molecule has 1 aromatic heterocycles. The fraction of sp³-hybridized carbons (Fsp3) is 0.786. The summed E-state index contributed by atoms with van der Waals surface area (Å²) in [5.41, 5.74) is 1.23. The first kappa shape index (κ1) is 14.8. The van der Waals surface area contributed by atoms with Crippen LogP contribution < -0.4 is 10.2 Å². The molecule has 4 nitrogen and oxygen atoms in total. The average Bonchev–Trinajstić information content (AvgIpc) is 2.93. The predicted octanol–water partition coefficient (Wildman–Crippen LogP) is 2.16. The first-order valence-corrected chi connectivity index (χ1v) is 8.10. The van der Waals surface area contributed by atoms with E-state index in [4.69, 9.17) is 4.74 Å². The molecule has 1 saturated heterocycles. The average molecular weight is 283 g/mol. The second kappa shape index (κ2) is 7.82. The SMILES string of the molecule is CCc1csc(N2CCC(CNCCOC)CC2)n1. The minimum absolute atomic E-state index is 0.803. The number of hydrogen-bond donors (Lipinski definition) is 1. The first-order valence-electron chi connectivity index (χ1n) is 7.22. The minimum atomic E-state index is 0.803. The van der Waals surface area contributed by atoms with E-state index in [0.717, 1.165) is 45.1 Å². The van der Waals surface area contributed by atoms with Crippen molar-refractivity contribution in [2.24, 2.45) is 5.92 Å². The van der Waals surface area contributed by atoms with Crippen molar-refractivity contribution in [2.75, 3.05) is 44.8 Å². The highest BCUT2D eigenvalue weighted by Crippen LogP contribution is 2.26. The largest absolute Gasteiger partial charge is 0.383 e. The summed E-state index contributed by atoms with van der Waals surface area (Å²) in [6.45, 7) is 7.34. The number of thiazole rings is 1. The van der Waals surface area contributed by atoms with Gasteiger partial charge in [0.15, 0.2) is 5.13 Å². The molecule has 108 valence electrons. The monoisotopic (exact) mass is 283 g/mol. The van der Waals surface area contributed by atoms with Crippen LogP contribution in [-0.2, 0) is 11.2 Å². The van der Waals surface area contributed by atoms with E-state index >= 15 is 0 Å². The van der Waals surface area contributed by atoms with Gasteiger partial charge in [0.2, 0.25) is 0 Å². The van der Waals surface area contributed by atoms with Gasteiger partial charge in [-0.05, 0) is 31.7 Å². The van der Waals surface area contributed by atoms with Gasteiger partial charge in [-0.25, -0.2) is 4.98 Å². The third-order valence-electron chi connectivity index (χ3n) is 3.70. The molecule has 0 aliphatic carbocycles. The molecule has 5 heteroatoms. The molecular formula is C14H25N3OS. The number of rotatable bonds is 7. The van der Waals surface area contributed by atoms with E-state index in [0.29, 0.717) is 0 Å². The molecule has 0 saturated carbocycles. The van der Waals surface area contributed by atoms with Gasteiger partial charge in [0.05, 0.1) is 12.3 Å². The van der Waals surface area contributed by atoms with Crippen molar-refractivity contribution in [1.82, 2.24) is 10.3 Å². The van der Waals surface area contributed by atoms with E-state index in [9.17, 15) is 0 Å². The van der Waals surface area contributed by atoms with Gasteiger partial charge in [0.25, 0.3) is 0 Å². The number of nitrogens with one attached hydrogen (secondary N) is 1. The number of aromatic nitrogens is 1. The maximum Gasteiger partial charge on any atom is 0.185 e. The van der Waals surface area contributed by atoms with Gasteiger partial charge in [-0.3, -0.25) is 0 Å². The molecule has 1 N–H and O–H groups in total. The van der Waals surface area contributed by atoms with E-state index in [-0.39, 0.29) is 0 Å². The quantitative estimate of drug-likeness (QED) is 0.778. The summed E-state index contributed by atoms with van der Waals surface area (Å²) >= 11 is 1.79. The van der Waals surface area contributed by atoms with E-state index in [1.165, 1.54) is 23.7 Å². The Kier molecular flexibility index (Phi) is 6.07. The van der Waals surface area contributed by atoms with Crippen LogP contribution in [0.15, 0.2) is 5.38 Å². The molecule has 0 unspecified atom stereocenters. The standard InChI is InChI=1S/C14H25N3OS/c1-3-13-11-19-14(16-13)17-7-4-12(5-8-17)10-15-6-9-18-2/h11-12,15H,3-10H2,1-2H3. The predicted molar refractivity (Wildman–Crippen MR) is 81.2 cm³/mol. The second-order valence-corrected chi connectivity index (χ2v) is 5.94. The van der Waals surface area contributed by atoms with Gasteiger partial charge in [0, 0.05) is 32.1 Å². The van der Waals surface area contributed by atoms with Crippen molar-refractivity contribution < 1.29 is 4.74 Å². The number of ether oxygens (including phenoxy) is 1. The van der Waals surface area contributed by atoms with Crippen LogP contribution in [0.2, 0.25) is 0 Å². The molecule has 19 heavy (non-hydrogen) atoms. The zero-order valence-corrected chi connectivity index (χ0v) is 12.8. The Labute approximate surface area is 120 Å². The first-order chi connectivity index (χ1) is 9.33. The third-order valence-corrected chi connectivity index (χ3v) is 4.65. The van der Waals surface area contributed by atoms with Crippen molar-refractivity contribution >= 4 is 16.5 Å². The fourth-order valence-electron chi connectivity index (χ4n) is 2.41. The summed E-state index contributed by atoms with van der Waals surface area (Å²) in [7, 11) is 1.75. The molecule has 0 atom stereocenters. The third kappa shape index (κ3) is 4.44. The molecular weight excluding hydrogens is 258 g/mol. The molecule has 1 fully saturated rings. The maximum absolute atomic E-state index is 5.04. The van der Waals surface area contributed by atoms with Gasteiger partial charge in [-0.15, -0.1) is 11.3 Å². The van der Waals surface area contributed by atoms with Crippen LogP contribution in [0.4, 0.5) is 5.13 Å². The number of hydrogen-bond acceptors (Lipinski definition) is 5. The van der Waals surface area contributed by atoms with Crippen molar-refractivity contribution in [3.63, 3.8) is 0 Å². The summed E-state index contributed by atoms with van der Waals surface area (Å²) in [6, 6.07) is 0. The highest BCUT2D eigenvalue weighted by molar-refractivity contribution is 7.13. The normalized spacial score (nSPS) is 17.1. The Bertz CT molecular complexity index is 361. The minimum Gasteiger partial charge on any atom is -0.383 e. The lowest BCUT2D eigenvalue weighted by Crippen LogP contribution is -2.37. The van der Waals surface area contributed by atoms with Crippen molar-refractivity contribution in [3.05, 3.63) is 11.1 Å². The summed E-state index contributed by atoms with van der Waals surface area (Å²) < 4.78 is 5.04. The Morgan fingerprint density at radius 3 is 2.89 bits per heavy atom. The fourth-order valence-corrected chi connectivity index (χ4v) is 3.38. The Morgan fingerprint density at radius 1 is 1.47 bits per heavy atom. The van der Waals surface area contributed by atoms with Crippen molar-refractivity contribution in [3.8, 4) is 0 Å². The van der Waals surface area contributed by atoms with Gasteiger partial charge < -0.3 is 15.0 Å². The lowest BCUT2D eigenvalue weighted by atomic mass is 9.97. The number of anilines is 1. The highest BCUT2D eigenvalue weighted by Gasteiger charge is 2.20. The highest BCUT2D eigenvalue weighted by atomic mass is 32.1. The van der Waals surface area contributed by atoms with Crippen molar-refractivity contribution in [1.29, 1.82) is 0 Å². The summed E-state index contributed by atoms with van der Waals surface area (Å²) in [5.74, 6) is 0.804. The molecule has 0 spiro atoms. The zero-order valence-electron chi connectivity index (χ0n) is 12.0. The van der Waals surface area contributed by atoms with E-state index < -0.39 is 0 Å². The van der Waals surface area contributed by atoms with Crippen molar-refractivity contribution in [2.45, 2.75) is 26.2 Å². The van der Waals surface area contributed by atoms with Crippen LogP contribution >= 0.6 is 11.3 Å². The lowest BCUT2D eigenvalue weighted by molar-refractivity contribution is 0.197. The summed E-state index contributed by atoms with van der Waals surface area (Å²) in [5, 5.41) is 6.87. The van der Waals surface area contributed by atoms with Gasteiger partial charge >= 0.3 is 0 Å². The van der Waals surface area contributed by atoms with Gasteiger partial charge in [-0.1, -0.05) is 6.92 Å². The molecule has 0 bridgehead atoms. The van der Waals surface area contributed by atoms with E-state index in [1.54, 1.807) is 18.4 Å². The van der Waals surface area contributed by atoms with Crippen LogP contribution in [0.5, 0.6) is 0 Å². The lowest BCUT2D eigenvalue weighted by Gasteiger charge is -2.31.